The summed E-state index contributed by atoms with van der Waals surface area (Å²) in [5, 5.41) is 10.0. The molecule has 8 nitrogen and oxygen atoms in total. The largest absolute Gasteiger partial charge is 0.378 e. The lowest BCUT2D eigenvalue weighted by Crippen LogP contribution is -2.16. The number of Topliss-reactive ketones (excluding diaryl/α,β-unsaturated/α-hetero) is 1. The SMILES string of the molecule is CC(=O)c1cc(C#CC(C)(C)O)c(OS(=O)(=O)c2ccc(C)cc2)cc1OS(=O)(=O)c1ccc(C)cc1. The highest BCUT2D eigenvalue weighted by Gasteiger charge is 2.25. The van der Waals surface area contributed by atoms with Gasteiger partial charge in [0.25, 0.3) is 0 Å². The van der Waals surface area contributed by atoms with Crippen LogP contribution in [-0.2, 0) is 20.2 Å². The second kappa shape index (κ2) is 10.4. The number of aliphatic hydroxyl groups is 1. The van der Waals surface area contributed by atoms with Gasteiger partial charge in [0.15, 0.2) is 17.3 Å². The maximum atomic E-state index is 13.0. The first-order valence-corrected chi connectivity index (χ1v) is 13.9. The summed E-state index contributed by atoms with van der Waals surface area (Å²) in [4.78, 5) is 12.1. The average molecular weight is 543 g/mol. The highest BCUT2D eigenvalue weighted by molar-refractivity contribution is 7.87. The van der Waals surface area contributed by atoms with Crippen LogP contribution < -0.4 is 8.37 Å². The summed E-state index contributed by atoms with van der Waals surface area (Å²) in [6.07, 6.45) is 0. The Labute approximate surface area is 217 Å². The van der Waals surface area contributed by atoms with Gasteiger partial charge in [-0.1, -0.05) is 47.2 Å². The smallest absolute Gasteiger partial charge is 0.339 e. The second-order valence-corrected chi connectivity index (χ2v) is 12.0. The van der Waals surface area contributed by atoms with Gasteiger partial charge in [-0.3, -0.25) is 4.79 Å². The molecule has 0 aliphatic carbocycles. The molecule has 0 aliphatic heterocycles. The van der Waals surface area contributed by atoms with Gasteiger partial charge in [0.1, 0.15) is 15.4 Å². The van der Waals surface area contributed by atoms with Gasteiger partial charge >= 0.3 is 20.2 Å². The number of aryl methyl sites for hydroxylation is 2. The van der Waals surface area contributed by atoms with Gasteiger partial charge in [-0.05, 0) is 65.0 Å². The van der Waals surface area contributed by atoms with Gasteiger partial charge in [0.2, 0.25) is 0 Å². The third kappa shape index (κ3) is 7.20. The van der Waals surface area contributed by atoms with Crippen molar-refractivity contribution in [3.05, 3.63) is 82.9 Å². The quantitative estimate of drug-likeness (QED) is 0.268. The summed E-state index contributed by atoms with van der Waals surface area (Å²) in [7, 11) is -8.76. The predicted molar refractivity (Wildman–Crippen MR) is 138 cm³/mol. The van der Waals surface area contributed by atoms with Gasteiger partial charge in [-0.15, -0.1) is 0 Å². The molecule has 3 aromatic rings. The van der Waals surface area contributed by atoms with Crippen LogP contribution in [0.15, 0.2) is 70.5 Å². The maximum absolute atomic E-state index is 13.0. The van der Waals surface area contributed by atoms with E-state index < -0.39 is 37.4 Å². The first-order chi connectivity index (χ1) is 17.1. The van der Waals surface area contributed by atoms with E-state index in [9.17, 15) is 26.7 Å². The number of hydrogen-bond acceptors (Lipinski definition) is 8. The Morgan fingerprint density at radius 2 is 1.22 bits per heavy atom. The Hall–Kier alpha value is -3.65. The lowest BCUT2D eigenvalue weighted by molar-refractivity contribution is 0.101. The van der Waals surface area contributed by atoms with Crippen molar-refractivity contribution in [2.75, 3.05) is 0 Å². The molecule has 0 amide bonds. The van der Waals surface area contributed by atoms with Gasteiger partial charge in [-0.2, -0.15) is 16.8 Å². The van der Waals surface area contributed by atoms with Gasteiger partial charge in [-0.25, -0.2) is 0 Å². The summed E-state index contributed by atoms with van der Waals surface area (Å²) in [5.74, 6) is 3.78. The summed E-state index contributed by atoms with van der Waals surface area (Å²) in [5.41, 5.74) is -0.0273. The molecule has 194 valence electrons. The van der Waals surface area contributed by atoms with E-state index in [4.69, 9.17) is 8.37 Å². The fourth-order valence-electron chi connectivity index (χ4n) is 3.03. The van der Waals surface area contributed by atoms with Crippen LogP contribution in [0.25, 0.3) is 0 Å². The summed E-state index contributed by atoms with van der Waals surface area (Å²) < 4.78 is 62.4. The molecule has 0 saturated heterocycles. The van der Waals surface area contributed by atoms with Crippen LogP contribution in [0.5, 0.6) is 11.5 Å². The Bertz CT molecular complexity index is 1600. The van der Waals surface area contributed by atoms with E-state index in [1.807, 2.05) is 0 Å². The third-order valence-corrected chi connectivity index (χ3v) is 7.48. The minimum atomic E-state index is -4.39. The molecule has 1 N–H and O–H groups in total. The number of carbonyl (C=O) groups is 1. The Balaban J connectivity index is 2.18. The Morgan fingerprint density at radius 3 is 1.62 bits per heavy atom. The average Bonchev–Trinajstić information content (AvgIpc) is 2.77. The zero-order valence-corrected chi connectivity index (χ0v) is 22.5. The molecule has 37 heavy (non-hydrogen) atoms. The van der Waals surface area contributed by atoms with E-state index in [-0.39, 0.29) is 26.7 Å². The van der Waals surface area contributed by atoms with Crippen LogP contribution in [0.4, 0.5) is 0 Å². The molecule has 0 unspecified atom stereocenters. The lowest BCUT2D eigenvalue weighted by Gasteiger charge is -2.15. The minimum Gasteiger partial charge on any atom is -0.378 e. The van der Waals surface area contributed by atoms with Crippen LogP contribution in [0.1, 0.15) is 47.8 Å². The van der Waals surface area contributed by atoms with Gasteiger partial charge < -0.3 is 13.5 Å². The minimum absolute atomic E-state index is 0.0666. The second-order valence-electron chi connectivity index (χ2n) is 8.91. The zero-order chi connectivity index (χ0) is 27.6. The maximum Gasteiger partial charge on any atom is 0.339 e. The molecule has 0 spiro atoms. The van der Waals surface area contributed by atoms with E-state index >= 15 is 0 Å². The first kappa shape index (κ1) is 27.9. The lowest BCUT2D eigenvalue weighted by atomic mass is 10.0. The van der Waals surface area contributed by atoms with Crippen LogP contribution in [0, 0.1) is 25.7 Å². The summed E-state index contributed by atoms with van der Waals surface area (Å²) in [6, 6.07) is 13.9. The summed E-state index contributed by atoms with van der Waals surface area (Å²) >= 11 is 0. The van der Waals surface area contributed by atoms with Gasteiger partial charge in [0.05, 0.1) is 11.1 Å². The molecule has 0 heterocycles. The van der Waals surface area contributed by atoms with Crippen molar-refractivity contribution < 1.29 is 35.1 Å². The molecule has 3 aromatic carbocycles. The fourth-order valence-corrected chi connectivity index (χ4v) is 4.91. The molecule has 0 saturated carbocycles. The first-order valence-electron chi connectivity index (χ1n) is 11.0. The number of hydrogen-bond donors (Lipinski definition) is 1. The van der Waals surface area contributed by atoms with Gasteiger partial charge in [0, 0.05) is 6.07 Å². The van der Waals surface area contributed by atoms with E-state index in [2.05, 4.69) is 11.8 Å². The number of benzene rings is 3. The highest BCUT2D eigenvalue weighted by Crippen LogP contribution is 2.33. The van der Waals surface area contributed by atoms with E-state index in [1.54, 1.807) is 38.1 Å². The predicted octanol–water partition coefficient (Wildman–Crippen LogP) is 4.16. The molecule has 0 radical (unpaired) electrons. The Morgan fingerprint density at radius 1 is 0.784 bits per heavy atom. The van der Waals surface area contributed by atoms with Crippen LogP contribution in [-0.4, -0.2) is 33.3 Å². The number of carbonyl (C=O) groups excluding carboxylic acids is 1. The van der Waals surface area contributed by atoms with Crippen molar-refractivity contribution >= 4 is 26.0 Å². The van der Waals surface area contributed by atoms with Crippen molar-refractivity contribution in [1.29, 1.82) is 0 Å². The molecule has 3 rings (SSSR count). The van der Waals surface area contributed by atoms with Crippen molar-refractivity contribution in [2.24, 2.45) is 0 Å². The van der Waals surface area contributed by atoms with Crippen LogP contribution in [0.3, 0.4) is 0 Å². The van der Waals surface area contributed by atoms with Crippen molar-refractivity contribution in [1.82, 2.24) is 0 Å². The standard InChI is InChI=1S/C27H26O8S2/c1-18-6-10-22(11-7-18)36(30,31)34-25-17-26(35-37(32,33)23-12-8-19(2)9-13-23)24(20(3)28)16-21(25)14-15-27(4,5)29/h6-13,16-17,29H,1-5H3. The third-order valence-electron chi connectivity index (χ3n) is 4.98. The highest BCUT2D eigenvalue weighted by atomic mass is 32.2. The van der Waals surface area contributed by atoms with Crippen molar-refractivity contribution in [3.8, 4) is 23.3 Å². The molecular weight excluding hydrogens is 516 g/mol. The number of rotatable bonds is 7. The topological polar surface area (TPSA) is 124 Å². The van der Waals surface area contributed by atoms with Crippen molar-refractivity contribution in [3.63, 3.8) is 0 Å². The molecular formula is C27H26O8S2. The normalized spacial score (nSPS) is 11.8. The molecule has 0 aromatic heterocycles. The van der Waals surface area contributed by atoms with E-state index in [0.717, 1.165) is 17.2 Å². The molecule has 0 bridgehead atoms. The van der Waals surface area contributed by atoms with Crippen LogP contribution in [0.2, 0.25) is 0 Å². The molecule has 0 fully saturated rings. The van der Waals surface area contributed by atoms with E-state index in [0.29, 0.717) is 0 Å². The molecule has 10 heteroatoms. The van der Waals surface area contributed by atoms with Crippen molar-refractivity contribution in [2.45, 2.75) is 50.0 Å². The molecule has 0 atom stereocenters. The van der Waals surface area contributed by atoms with Crippen LogP contribution >= 0.6 is 0 Å². The summed E-state index contributed by atoms with van der Waals surface area (Å²) in [6.45, 7) is 7.61. The molecule has 0 aliphatic rings. The van der Waals surface area contributed by atoms with E-state index in [1.165, 1.54) is 51.1 Å². The Kier molecular flexibility index (Phi) is 7.83. The fraction of sp³-hybridized carbons (Fsp3) is 0.222. The monoisotopic (exact) mass is 542 g/mol. The zero-order valence-electron chi connectivity index (χ0n) is 20.9. The number of ketones is 1.